The summed E-state index contributed by atoms with van der Waals surface area (Å²) in [6.07, 6.45) is 3.40. The summed E-state index contributed by atoms with van der Waals surface area (Å²) in [4.78, 5) is 4.50. The molecule has 23 heavy (non-hydrogen) atoms. The maximum absolute atomic E-state index is 4.50. The van der Waals surface area contributed by atoms with Gasteiger partial charge >= 0.3 is 0 Å². The molecule has 6 heteroatoms. The second kappa shape index (κ2) is 5.84. The highest BCUT2D eigenvalue weighted by molar-refractivity contribution is 5.79. The fourth-order valence-electron chi connectivity index (χ4n) is 2.39. The number of hydrogen-bond donors (Lipinski definition) is 1. The highest BCUT2D eigenvalue weighted by Crippen LogP contribution is 2.16. The summed E-state index contributed by atoms with van der Waals surface area (Å²) in [5, 5.41) is 16.8. The van der Waals surface area contributed by atoms with Gasteiger partial charge in [-0.3, -0.25) is 0 Å². The summed E-state index contributed by atoms with van der Waals surface area (Å²) in [6, 6.07) is 18.1. The lowest BCUT2D eigenvalue weighted by molar-refractivity contribution is 0.792. The van der Waals surface area contributed by atoms with E-state index in [2.05, 4.69) is 37.7 Å². The Morgan fingerprint density at radius 1 is 0.913 bits per heavy atom. The summed E-state index contributed by atoms with van der Waals surface area (Å²) in [6.45, 7) is 0.679. The highest BCUT2D eigenvalue weighted by atomic mass is 15.4. The van der Waals surface area contributed by atoms with Gasteiger partial charge in [0.1, 0.15) is 0 Å². The number of nitrogens with one attached hydrogen (secondary N) is 1. The van der Waals surface area contributed by atoms with Crippen molar-refractivity contribution in [3.8, 4) is 5.95 Å². The van der Waals surface area contributed by atoms with Crippen molar-refractivity contribution in [2.75, 3.05) is 5.32 Å². The van der Waals surface area contributed by atoms with Crippen molar-refractivity contribution in [2.45, 2.75) is 6.54 Å². The van der Waals surface area contributed by atoms with Crippen LogP contribution in [0.25, 0.3) is 16.9 Å². The molecule has 6 nitrogen and oxygen atoms in total. The van der Waals surface area contributed by atoms with Gasteiger partial charge in [0.05, 0.1) is 17.9 Å². The smallest absolute Gasteiger partial charge is 0.272 e. The van der Waals surface area contributed by atoms with Gasteiger partial charge in [-0.25, -0.2) is 0 Å². The molecule has 0 atom stereocenters. The fourth-order valence-corrected chi connectivity index (χ4v) is 2.39. The lowest BCUT2D eigenvalue weighted by atomic mass is 10.2. The summed E-state index contributed by atoms with van der Waals surface area (Å²) in [7, 11) is 0. The molecular formula is C17H14N6. The van der Waals surface area contributed by atoms with Crippen molar-refractivity contribution in [1.29, 1.82) is 0 Å². The molecule has 2 aromatic heterocycles. The second-order valence-electron chi connectivity index (χ2n) is 5.10. The maximum Gasteiger partial charge on any atom is 0.272 e. The minimum absolute atomic E-state index is 0.448. The van der Waals surface area contributed by atoms with E-state index in [0.29, 0.717) is 18.3 Å². The first-order valence-corrected chi connectivity index (χ1v) is 7.31. The molecule has 0 aliphatic carbocycles. The molecule has 2 aromatic carbocycles. The minimum atomic E-state index is 0.448. The van der Waals surface area contributed by atoms with Crippen LogP contribution in [0.4, 0.5) is 5.82 Å². The third-order valence-electron chi connectivity index (χ3n) is 3.53. The van der Waals surface area contributed by atoms with Crippen LogP contribution in [0.1, 0.15) is 5.56 Å². The van der Waals surface area contributed by atoms with Gasteiger partial charge in [-0.2, -0.15) is 19.9 Å². The Labute approximate surface area is 132 Å². The van der Waals surface area contributed by atoms with E-state index in [0.717, 1.165) is 10.9 Å². The monoisotopic (exact) mass is 302 g/mol. The van der Waals surface area contributed by atoms with E-state index in [-0.39, 0.29) is 0 Å². The standard InChI is InChI=1S/C17H14N6/c1-2-6-13(7-3-1)10-18-16-12-19-22-17(21-16)23-15-9-5-4-8-14(15)11-20-23/h1-9,11-12H,10H2,(H,18,21,22). The molecule has 0 radical (unpaired) electrons. The van der Waals surface area contributed by atoms with E-state index < -0.39 is 0 Å². The lowest BCUT2D eigenvalue weighted by Crippen LogP contribution is -2.08. The largest absolute Gasteiger partial charge is 0.365 e. The number of rotatable bonds is 4. The summed E-state index contributed by atoms with van der Waals surface area (Å²) >= 11 is 0. The molecule has 1 N–H and O–H groups in total. The van der Waals surface area contributed by atoms with Gasteiger partial charge in [0.15, 0.2) is 5.82 Å². The number of aromatic nitrogens is 5. The Balaban J connectivity index is 1.61. The normalized spacial score (nSPS) is 10.8. The molecule has 0 unspecified atom stereocenters. The molecule has 0 bridgehead atoms. The predicted molar refractivity (Wildman–Crippen MR) is 88.2 cm³/mol. The van der Waals surface area contributed by atoms with E-state index >= 15 is 0 Å². The zero-order chi connectivity index (χ0) is 15.5. The zero-order valence-corrected chi connectivity index (χ0v) is 12.3. The molecule has 0 aliphatic rings. The van der Waals surface area contributed by atoms with Crippen molar-refractivity contribution in [2.24, 2.45) is 0 Å². The molecule has 112 valence electrons. The number of para-hydroxylation sites is 1. The van der Waals surface area contributed by atoms with Crippen molar-refractivity contribution >= 4 is 16.7 Å². The molecule has 0 amide bonds. The summed E-state index contributed by atoms with van der Waals surface area (Å²) in [5.41, 5.74) is 2.13. The van der Waals surface area contributed by atoms with Crippen LogP contribution in [-0.2, 0) is 6.54 Å². The quantitative estimate of drug-likeness (QED) is 0.628. The number of fused-ring (bicyclic) bond motifs is 1. The topological polar surface area (TPSA) is 68.5 Å². The number of anilines is 1. The van der Waals surface area contributed by atoms with E-state index in [1.807, 2.05) is 42.5 Å². The number of benzene rings is 2. The maximum atomic E-state index is 4.50. The van der Waals surface area contributed by atoms with Crippen molar-refractivity contribution in [3.05, 3.63) is 72.6 Å². The molecule has 0 fully saturated rings. The van der Waals surface area contributed by atoms with Crippen LogP contribution in [0.2, 0.25) is 0 Å². The van der Waals surface area contributed by atoms with Crippen molar-refractivity contribution in [3.63, 3.8) is 0 Å². The Hall–Kier alpha value is -3.28. The molecular weight excluding hydrogens is 288 g/mol. The lowest BCUT2D eigenvalue weighted by Gasteiger charge is -2.06. The molecule has 2 heterocycles. The van der Waals surface area contributed by atoms with E-state index in [1.54, 1.807) is 17.1 Å². The summed E-state index contributed by atoms with van der Waals surface area (Å²) < 4.78 is 1.69. The van der Waals surface area contributed by atoms with Crippen molar-refractivity contribution < 1.29 is 0 Å². The molecule has 0 saturated carbocycles. The Morgan fingerprint density at radius 3 is 2.65 bits per heavy atom. The van der Waals surface area contributed by atoms with Crippen LogP contribution < -0.4 is 5.32 Å². The van der Waals surface area contributed by atoms with Crippen LogP contribution in [0.3, 0.4) is 0 Å². The van der Waals surface area contributed by atoms with Gasteiger partial charge in [-0.05, 0) is 11.6 Å². The van der Waals surface area contributed by atoms with Gasteiger partial charge in [-0.15, -0.1) is 5.10 Å². The second-order valence-corrected chi connectivity index (χ2v) is 5.10. The SMILES string of the molecule is c1ccc(CNc2cnnc(-n3ncc4ccccc43)n2)cc1. The first-order chi connectivity index (χ1) is 11.4. The van der Waals surface area contributed by atoms with E-state index in [9.17, 15) is 0 Å². The van der Waals surface area contributed by atoms with E-state index in [1.165, 1.54) is 5.56 Å². The van der Waals surface area contributed by atoms with Crippen molar-refractivity contribution in [1.82, 2.24) is 25.0 Å². The number of hydrogen-bond acceptors (Lipinski definition) is 5. The van der Waals surface area contributed by atoms with Crippen LogP contribution in [0.15, 0.2) is 67.0 Å². The first kappa shape index (κ1) is 13.4. The molecule has 4 aromatic rings. The van der Waals surface area contributed by atoms with Crippen LogP contribution in [-0.4, -0.2) is 25.0 Å². The van der Waals surface area contributed by atoms with E-state index in [4.69, 9.17) is 0 Å². The molecule has 0 aliphatic heterocycles. The molecule has 4 rings (SSSR count). The van der Waals surface area contributed by atoms with Crippen LogP contribution in [0, 0.1) is 0 Å². The van der Waals surface area contributed by atoms with Gasteiger partial charge in [0.2, 0.25) is 0 Å². The predicted octanol–water partition coefficient (Wildman–Crippen LogP) is 2.82. The fraction of sp³-hybridized carbons (Fsp3) is 0.0588. The minimum Gasteiger partial charge on any atom is -0.365 e. The summed E-state index contributed by atoms with van der Waals surface area (Å²) in [5.74, 6) is 1.11. The highest BCUT2D eigenvalue weighted by Gasteiger charge is 2.08. The Bertz CT molecular complexity index is 932. The first-order valence-electron chi connectivity index (χ1n) is 7.31. The van der Waals surface area contributed by atoms with Crippen LogP contribution >= 0.6 is 0 Å². The molecule has 0 saturated heterocycles. The number of nitrogens with zero attached hydrogens (tertiary/aromatic N) is 5. The third-order valence-corrected chi connectivity index (χ3v) is 3.53. The zero-order valence-electron chi connectivity index (χ0n) is 12.3. The van der Waals surface area contributed by atoms with Gasteiger partial charge in [0.25, 0.3) is 5.95 Å². The van der Waals surface area contributed by atoms with Gasteiger partial charge in [0, 0.05) is 11.9 Å². The Morgan fingerprint density at radius 2 is 1.74 bits per heavy atom. The average molecular weight is 302 g/mol. The Kier molecular flexibility index (Phi) is 3.40. The third kappa shape index (κ3) is 2.74. The van der Waals surface area contributed by atoms with Crippen LogP contribution in [0.5, 0.6) is 0 Å². The molecule has 0 spiro atoms. The average Bonchev–Trinajstić information content (AvgIpc) is 3.05. The van der Waals surface area contributed by atoms with Gasteiger partial charge in [-0.1, -0.05) is 48.5 Å². The van der Waals surface area contributed by atoms with Gasteiger partial charge < -0.3 is 5.32 Å².